The second-order valence-corrected chi connectivity index (χ2v) is 11.1. The summed E-state index contributed by atoms with van der Waals surface area (Å²) in [6.07, 6.45) is 19.8. The van der Waals surface area contributed by atoms with Crippen LogP contribution in [-0.4, -0.2) is 32.8 Å². The predicted molar refractivity (Wildman–Crippen MR) is 114 cm³/mol. The molecule has 2 heteroatoms. The van der Waals surface area contributed by atoms with E-state index in [1.54, 1.807) is 0 Å². The Morgan fingerprint density at radius 1 is 0.750 bits per heavy atom. The van der Waals surface area contributed by atoms with Gasteiger partial charge >= 0.3 is 0 Å². The standard InChI is InChI=1S/C22H45NSi/c1-4-19-24(20-5-2)21-16-22(3)23-17-14-12-10-8-6-7-9-11-13-15-18-23/h16,21-22,24H,4-15,17-20H2,1-3H3. The van der Waals surface area contributed by atoms with Crippen molar-refractivity contribution in [1.82, 2.24) is 4.90 Å². The van der Waals surface area contributed by atoms with Crippen molar-refractivity contribution in [3.05, 3.63) is 11.8 Å². The summed E-state index contributed by atoms with van der Waals surface area (Å²) >= 11 is 0. The van der Waals surface area contributed by atoms with Crippen LogP contribution in [0.5, 0.6) is 0 Å². The van der Waals surface area contributed by atoms with E-state index in [9.17, 15) is 0 Å². The minimum atomic E-state index is -0.607. The smallest absolute Gasteiger partial charge is 0.0611 e. The summed E-state index contributed by atoms with van der Waals surface area (Å²) in [6.45, 7) is 9.79. The largest absolute Gasteiger partial charge is 0.297 e. The van der Waals surface area contributed by atoms with Crippen molar-refractivity contribution in [2.45, 2.75) is 116 Å². The zero-order valence-corrected chi connectivity index (χ0v) is 18.2. The Labute approximate surface area is 154 Å². The zero-order chi connectivity index (χ0) is 17.5. The van der Waals surface area contributed by atoms with E-state index in [2.05, 4.69) is 37.4 Å². The molecule has 0 saturated carbocycles. The predicted octanol–water partition coefficient (Wildman–Crippen LogP) is 6.73. The molecule has 1 unspecified atom stereocenters. The van der Waals surface area contributed by atoms with Gasteiger partial charge in [-0.05, 0) is 32.9 Å². The first kappa shape index (κ1) is 22.0. The van der Waals surface area contributed by atoms with Crippen molar-refractivity contribution in [3.63, 3.8) is 0 Å². The highest BCUT2D eigenvalue weighted by atomic mass is 28.3. The van der Waals surface area contributed by atoms with E-state index in [-0.39, 0.29) is 0 Å². The van der Waals surface area contributed by atoms with Gasteiger partial charge in [0.2, 0.25) is 0 Å². The fraction of sp³-hybridized carbons (Fsp3) is 0.909. The molecule has 0 radical (unpaired) electrons. The first-order valence-electron chi connectivity index (χ1n) is 11.2. The SMILES string of the molecule is CCC[SiH](C=CC(C)N1CCCCCCCCCCCC1)CCC. The minimum absolute atomic E-state index is 0.607. The molecule has 1 aliphatic heterocycles. The van der Waals surface area contributed by atoms with Crippen molar-refractivity contribution in [2.75, 3.05) is 13.1 Å². The Morgan fingerprint density at radius 2 is 1.17 bits per heavy atom. The topological polar surface area (TPSA) is 3.24 Å². The van der Waals surface area contributed by atoms with Crippen molar-refractivity contribution in [2.24, 2.45) is 0 Å². The molecule has 24 heavy (non-hydrogen) atoms. The maximum absolute atomic E-state index is 2.78. The number of nitrogens with zero attached hydrogens (tertiary/aromatic N) is 1. The van der Waals surface area contributed by atoms with Crippen molar-refractivity contribution in [3.8, 4) is 0 Å². The van der Waals surface area contributed by atoms with Gasteiger partial charge in [-0.2, -0.15) is 0 Å². The molecular formula is C22H45NSi. The lowest BCUT2D eigenvalue weighted by Crippen LogP contribution is -2.34. The van der Waals surface area contributed by atoms with Crippen LogP contribution in [0, 0.1) is 0 Å². The van der Waals surface area contributed by atoms with Gasteiger partial charge in [-0.1, -0.05) is 96.2 Å². The van der Waals surface area contributed by atoms with Crippen LogP contribution in [-0.2, 0) is 0 Å². The third kappa shape index (κ3) is 10.7. The fourth-order valence-corrected chi connectivity index (χ4v) is 6.87. The van der Waals surface area contributed by atoms with E-state index < -0.39 is 8.80 Å². The second-order valence-electron chi connectivity index (χ2n) is 8.03. The molecule has 0 N–H and O–H groups in total. The van der Waals surface area contributed by atoms with E-state index in [4.69, 9.17) is 0 Å². The van der Waals surface area contributed by atoms with Gasteiger partial charge in [0.1, 0.15) is 0 Å². The number of rotatable bonds is 7. The maximum Gasteiger partial charge on any atom is 0.0611 e. The van der Waals surface area contributed by atoms with Crippen molar-refractivity contribution >= 4 is 8.80 Å². The van der Waals surface area contributed by atoms with Gasteiger partial charge in [-0.25, -0.2) is 0 Å². The van der Waals surface area contributed by atoms with Gasteiger partial charge in [0.25, 0.3) is 0 Å². The lowest BCUT2D eigenvalue weighted by atomic mass is 10.1. The van der Waals surface area contributed by atoms with Gasteiger partial charge in [-0.3, -0.25) is 4.90 Å². The van der Waals surface area contributed by atoms with Crippen LogP contribution >= 0.6 is 0 Å². The zero-order valence-electron chi connectivity index (χ0n) is 17.1. The summed E-state index contributed by atoms with van der Waals surface area (Å²) in [5.74, 6) is 0. The number of hydrogen-bond acceptors (Lipinski definition) is 1. The van der Waals surface area contributed by atoms with Crippen LogP contribution in [0.25, 0.3) is 0 Å². The summed E-state index contributed by atoms with van der Waals surface area (Å²) in [6, 6.07) is 3.65. The lowest BCUT2D eigenvalue weighted by Gasteiger charge is -2.27. The summed E-state index contributed by atoms with van der Waals surface area (Å²) in [5, 5.41) is 0. The average molecular weight is 352 g/mol. The van der Waals surface area contributed by atoms with E-state index >= 15 is 0 Å². The summed E-state index contributed by atoms with van der Waals surface area (Å²) in [5.41, 5.74) is 2.68. The van der Waals surface area contributed by atoms with E-state index in [0.717, 1.165) is 0 Å². The van der Waals surface area contributed by atoms with Crippen LogP contribution in [0.2, 0.25) is 12.1 Å². The van der Waals surface area contributed by atoms with E-state index in [1.807, 2.05) is 0 Å². The third-order valence-corrected chi connectivity index (χ3v) is 9.10. The van der Waals surface area contributed by atoms with E-state index in [0.29, 0.717) is 6.04 Å². The van der Waals surface area contributed by atoms with Gasteiger partial charge in [-0.15, -0.1) is 5.70 Å². The van der Waals surface area contributed by atoms with Gasteiger partial charge in [0.05, 0.1) is 8.80 Å². The quantitative estimate of drug-likeness (QED) is 0.459. The van der Waals surface area contributed by atoms with Gasteiger partial charge < -0.3 is 0 Å². The molecular weight excluding hydrogens is 306 g/mol. The first-order chi connectivity index (χ1) is 11.8. The Bertz CT molecular complexity index is 282. The minimum Gasteiger partial charge on any atom is -0.297 e. The van der Waals surface area contributed by atoms with Crippen LogP contribution in [0.15, 0.2) is 11.8 Å². The Balaban J connectivity index is 2.49. The number of hydrogen-bond donors (Lipinski definition) is 0. The van der Waals surface area contributed by atoms with Crippen LogP contribution < -0.4 is 0 Å². The fourth-order valence-electron chi connectivity index (χ4n) is 4.08. The lowest BCUT2D eigenvalue weighted by molar-refractivity contribution is 0.230. The Hall–Kier alpha value is -0.0831. The van der Waals surface area contributed by atoms with E-state index in [1.165, 1.54) is 102 Å². The molecule has 0 spiro atoms. The molecule has 1 saturated heterocycles. The van der Waals surface area contributed by atoms with Crippen molar-refractivity contribution < 1.29 is 0 Å². The van der Waals surface area contributed by atoms with Gasteiger partial charge in [0.15, 0.2) is 0 Å². The van der Waals surface area contributed by atoms with Gasteiger partial charge in [0, 0.05) is 6.04 Å². The molecule has 1 nitrogen and oxygen atoms in total. The third-order valence-electron chi connectivity index (χ3n) is 5.70. The molecule has 142 valence electrons. The molecule has 0 bridgehead atoms. The molecule has 0 aliphatic carbocycles. The Kier molecular flexibility index (Phi) is 13.9. The highest BCUT2D eigenvalue weighted by molar-refractivity contribution is 6.64. The average Bonchev–Trinajstić information content (AvgIpc) is 2.61. The highest BCUT2D eigenvalue weighted by Gasteiger charge is 2.12. The van der Waals surface area contributed by atoms with Crippen LogP contribution in [0.4, 0.5) is 0 Å². The van der Waals surface area contributed by atoms with Crippen LogP contribution in [0.3, 0.4) is 0 Å². The first-order valence-corrected chi connectivity index (χ1v) is 13.5. The van der Waals surface area contributed by atoms with Crippen LogP contribution in [0.1, 0.15) is 97.8 Å². The molecule has 0 aromatic carbocycles. The molecule has 1 aliphatic rings. The molecule has 0 amide bonds. The summed E-state index contributed by atoms with van der Waals surface area (Å²) < 4.78 is 0. The summed E-state index contributed by atoms with van der Waals surface area (Å²) in [7, 11) is -0.607. The summed E-state index contributed by atoms with van der Waals surface area (Å²) in [4.78, 5) is 2.78. The molecule has 1 fully saturated rings. The molecule has 0 aromatic rings. The van der Waals surface area contributed by atoms with Crippen molar-refractivity contribution in [1.29, 1.82) is 0 Å². The highest BCUT2D eigenvalue weighted by Crippen LogP contribution is 2.15. The maximum atomic E-state index is 2.78. The Morgan fingerprint density at radius 3 is 1.58 bits per heavy atom. The molecule has 1 rings (SSSR count). The normalized spacial score (nSPS) is 21.3. The monoisotopic (exact) mass is 351 g/mol. The molecule has 0 aromatic heterocycles. The molecule has 1 atom stereocenters. The molecule has 1 heterocycles. The second kappa shape index (κ2) is 15.2.